The SMILES string of the molecule is CCC(C(=O)NC(C)C)N(Cc1c(Cl)cccc1Cl)C(=O)Cc1ccc(F)cc1. The second kappa shape index (κ2) is 10.6. The lowest BCUT2D eigenvalue weighted by Crippen LogP contribution is -2.50. The van der Waals surface area contributed by atoms with Gasteiger partial charge in [0, 0.05) is 28.2 Å². The first-order valence-corrected chi connectivity index (χ1v) is 10.3. The molecule has 0 saturated heterocycles. The Hall–Kier alpha value is -2.11. The predicted molar refractivity (Wildman–Crippen MR) is 114 cm³/mol. The normalized spacial score (nSPS) is 12.0. The fraction of sp³-hybridized carbons (Fsp3) is 0.364. The first-order valence-electron chi connectivity index (χ1n) is 9.50. The highest BCUT2D eigenvalue weighted by atomic mass is 35.5. The largest absolute Gasteiger partial charge is 0.352 e. The van der Waals surface area contributed by atoms with Crippen LogP contribution in [-0.4, -0.2) is 28.8 Å². The minimum absolute atomic E-state index is 0.0355. The average Bonchev–Trinajstić information content (AvgIpc) is 2.65. The van der Waals surface area contributed by atoms with E-state index in [9.17, 15) is 14.0 Å². The molecule has 1 atom stereocenters. The molecule has 7 heteroatoms. The molecule has 1 unspecified atom stereocenters. The maximum absolute atomic E-state index is 13.2. The second-order valence-electron chi connectivity index (χ2n) is 7.11. The molecular weight excluding hydrogens is 414 g/mol. The highest BCUT2D eigenvalue weighted by Gasteiger charge is 2.30. The lowest BCUT2D eigenvalue weighted by atomic mass is 10.1. The van der Waals surface area contributed by atoms with E-state index < -0.39 is 6.04 Å². The van der Waals surface area contributed by atoms with Crippen molar-refractivity contribution in [1.82, 2.24) is 10.2 Å². The number of nitrogens with zero attached hydrogens (tertiary/aromatic N) is 1. The summed E-state index contributed by atoms with van der Waals surface area (Å²) in [6, 6.07) is 10.1. The quantitative estimate of drug-likeness (QED) is 0.629. The molecule has 4 nitrogen and oxygen atoms in total. The number of hydrogen-bond donors (Lipinski definition) is 1. The average molecular weight is 439 g/mol. The van der Waals surface area contributed by atoms with E-state index in [1.165, 1.54) is 17.0 Å². The van der Waals surface area contributed by atoms with Gasteiger partial charge in [0.1, 0.15) is 11.9 Å². The summed E-state index contributed by atoms with van der Waals surface area (Å²) in [6.45, 7) is 5.67. The molecule has 0 aliphatic carbocycles. The molecule has 0 radical (unpaired) electrons. The van der Waals surface area contributed by atoms with Crippen molar-refractivity contribution >= 4 is 35.0 Å². The molecule has 0 saturated carbocycles. The van der Waals surface area contributed by atoms with Gasteiger partial charge >= 0.3 is 0 Å². The molecule has 2 aromatic rings. The molecule has 0 aromatic heterocycles. The summed E-state index contributed by atoms with van der Waals surface area (Å²) in [4.78, 5) is 27.4. The maximum atomic E-state index is 13.2. The van der Waals surface area contributed by atoms with Crippen molar-refractivity contribution in [1.29, 1.82) is 0 Å². The molecule has 0 heterocycles. The minimum atomic E-state index is -0.683. The molecule has 0 fully saturated rings. The van der Waals surface area contributed by atoms with Crippen molar-refractivity contribution in [3.63, 3.8) is 0 Å². The summed E-state index contributed by atoms with van der Waals surface area (Å²) >= 11 is 12.6. The third-order valence-corrected chi connectivity index (χ3v) is 5.18. The zero-order valence-corrected chi connectivity index (χ0v) is 18.2. The summed E-state index contributed by atoms with van der Waals surface area (Å²) < 4.78 is 13.2. The van der Waals surface area contributed by atoms with Gasteiger partial charge in [0.15, 0.2) is 0 Å². The van der Waals surface area contributed by atoms with Gasteiger partial charge in [-0.15, -0.1) is 0 Å². The lowest BCUT2D eigenvalue weighted by molar-refractivity contribution is -0.141. The van der Waals surface area contributed by atoms with E-state index >= 15 is 0 Å². The number of carbonyl (C=O) groups excluding carboxylic acids is 2. The minimum Gasteiger partial charge on any atom is -0.352 e. The summed E-state index contributed by atoms with van der Waals surface area (Å²) in [5.41, 5.74) is 1.24. The number of halogens is 3. The molecule has 156 valence electrons. The predicted octanol–water partition coefficient (Wildman–Crippen LogP) is 5.01. The summed E-state index contributed by atoms with van der Waals surface area (Å²) in [5, 5.41) is 3.72. The number of rotatable bonds is 8. The fourth-order valence-corrected chi connectivity index (χ4v) is 3.55. The topological polar surface area (TPSA) is 49.4 Å². The molecule has 2 amide bonds. The van der Waals surface area contributed by atoms with Gasteiger partial charge in [0.05, 0.1) is 6.42 Å². The summed E-state index contributed by atoms with van der Waals surface area (Å²) in [7, 11) is 0. The van der Waals surface area contributed by atoms with Crippen LogP contribution in [0.15, 0.2) is 42.5 Å². The standard InChI is InChI=1S/C22H25Cl2FN2O2/c1-4-20(22(29)26-14(2)3)27(13-17-18(23)6-5-7-19(17)24)21(28)12-15-8-10-16(25)11-9-15/h5-11,14,20H,4,12-13H2,1-3H3,(H,26,29). The van der Waals surface area contributed by atoms with Gasteiger partial charge in [-0.25, -0.2) is 4.39 Å². The van der Waals surface area contributed by atoms with Crippen molar-refractivity contribution in [3.8, 4) is 0 Å². The van der Waals surface area contributed by atoms with Crippen molar-refractivity contribution in [2.75, 3.05) is 0 Å². The monoisotopic (exact) mass is 438 g/mol. The van der Waals surface area contributed by atoms with Crippen molar-refractivity contribution in [2.45, 2.75) is 52.2 Å². The molecule has 0 aliphatic rings. The number of nitrogens with one attached hydrogen (secondary N) is 1. The van der Waals surface area contributed by atoms with Gasteiger partial charge in [-0.3, -0.25) is 9.59 Å². The first-order chi connectivity index (χ1) is 13.7. The third-order valence-electron chi connectivity index (χ3n) is 4.48. The van der Waals surface area contributed by atoms with Crippen molar-refractivity contribution < 1.29 is 14.0 Å². The van der Waals surface area contributed by atoms with Crippen LogP contribution in [0.5, 0.6) is 0 Å². The number of carbonyl (C=O) groups is 2. The molecule has 2 rings (SSSR count). The highest BCUT2D eigenvalue weighted by molar-refractivity contribution is 6.36. The molecule has 0 spiro atoms. The van der Waals surface area contributed by atoms with Crippen LogP contribution in [0.1, 0.15) is 38.3 Å². The van der Waals surface area contributed by atoms with Crippen LogP contribution in [0.2, 0.25) is 10.0 Å². The van der Waals surface area contributed by atoms with E-state index in [-0.39, 0.29) is 36.6 Å². The molecule has 0 bridgehead atoms. The van der Waals surface area contributed by atoms with Crippen LogP contribution in [0.25, 0.3) is 0 Å². The molecular formula is C22H25Cl2FN2O2. The van der Waals surface area contributed by atoms with Crippen LogP contribution in [0, 0.1) is 5.82 Å². The molecule has 1 N–H and O–H groups in total. The van der Waals surface area contributed by atoms with Crippen LogP contribution in [-0.2, 0) is 22.6 Å². The van der Waals surface area contributed by atoms with Crippen LogP contribution >= 0.6 is 23.2 Å². The summed E-state index contributed by atoms with van der Waals surface area (Å²) in [5.74, 6) is -0.875. The Labute approximate surface area is 181 Å². The van der Waals surface area contributed by atoms with Gasteiger partial charge in [-0.1, -0.05) is 48.3 Å². The number of hydrogen-bond acceptors (Lipinski definition) is 2. The van der Waals surface area contributed by atoms with Gasteiger partial charge < -0.3 is 10.2 Å². The zero-order chi connectivity index (χ0) is 21.6. The van der Waals surface area contributed by atoms with E-state index in [1.807, 2.05) is 20.8 Å². The van der Waals surface area contributed by atoms with E-state index in [0.717, 1.165) is 0 Å². The van der Waals surface area contributed by atoms with E-state index in [2.05, 4.69) is 5.32 Å². The molecule has 29 heavy (non-hydrogen) atoms. The van der Waals surface area contributed by atoms with Gasteiger partial charge in [-0.05, 0) is 50.1 Å². The van der Waals surface area contributed by atoms with Crippen molar-refractivity contribution in [2.24, 2.45) is 0 Å². The van der Waals surface area contributed by atoms with Crippen LogP contribution in [0.4, 0.5) is 4.39 Å². The fourth-order valence-electron chi connectivity index (χ4n) is 3.03. The highest BCUT2D eigenvalue weighted by Crippen LogP contribution is 2.27. The van der Waals surface area contributed by atoms with Gasteiger partial charge in [0.25, 0.3) is 0 Å². The van der Waals surface area contributed by atoms with Crippen molar-refractivity contribution in [3.05, 3.63) is 69.5 Å². The maximum Gasteiger partial charge on any atom is 0.243 e. The van der Waals surface area contributed by atoms with E-state index in [4.69, 9.17) is 23.2 Å². The van der Waals surface area contributed by atoms with Gasteiger partial charge in [-0.2, -0.15) is 0 Å². The van der Waals surface area contributed by atoms with Crippen LogP contribution in [0.3, 0.4) is 0 Å². The Morgan fingerprint density at radius 1 is 1.07 bits per heavy atom. The Kier molecular flexibility index (Phi) is 8.47. The Morgan fingerprint density at radius 2 is 1.66 bits per heavy atom. The first kappa shape index (κ1) is 23.2. The molecule has 0 aliphatic heterocycles. The van der Waals surface area contributed by atoms with Gasteiger partial charge in [0.2, 0.25) is 11.8 Å². The number of benzene rings is 2. The lowest BCUT2D eigenvalue weighted by Gasteiger charge is -2.31. The van der Waals surface area contributed by atoms with E-state index in [0.29, 0.717) is 27.6 Å². The number of amides is 2. The van der Waals surface area contributed by atoms with E-state index in [1.54, 1.807) is 30.3 Å². The Balaban J connectivity index is 2.36. The van der Waals surface area contributed by atoms with Crippen LogP contribution < -0.4 is 5.32 Å². The Morgan fingerprint density at radius 3 is 2.17 bits per heavy atom. The Bertz CT molecular complexity index is 836. The molecule has 2 aromatic carbocycles. The summed E-state index contributed by atoms with van der Waals surface area (Å²) in [6.07, 6.45) is 0.462. The second-order valence-corrected chi connectivity index (χ2v) is 7.93. The third kappa shape index (κ3) is 6.44. The zero-order valence-electron chi connectivity index (χ0n) is 16.7. The smallest absolute Gasteiger partial charge is 0.243 e.